The Bertz CT molecular complexity index is 404. The highest BCUT2D eigenvalue weighted by Gasteiger charge is 2.21. The monoisotopic (exact) mass is 241 g/mol. The van der Waals surface area contributed by atoms with Crippen molar-refractivity contribution in [1.29, 1.82) is 0 Å². The lowest BCUT2D eigenvalue weighted by molar-refractivity contribution is 0.0948. The van der Waals surface area contributed by atoms with Gasteiger partial charge in [-0.1, -0.05) is 24.4 Å². The molecule has 1 aliphatic carbocycles. The molecule has 1 saturated carbocycles. The zero-order valence-corrected chi connectivity index (χ0v) is 9.56. The van der Waals surface area contributed by atoms with Gasteiger partial charge in [0.2, 0.25) is 0 Å². The molecule has 1 amide bonds. The summed E-state index contributed by atoms with van der Waals surface area (Å²) < 4.78 is 13.3. The highest BCUT2D eigenvalue weighted by molar-refractivity contribution is 6.30. The number of hydrogen-bond acceptors (Lipinski definition) is 1. The summed E-state index contributed by atoms with van der Waals surface area (Å²) in [4.78, 5) is 11.6. The molecule has 1 fully saturated rings. The van der Waals surface area contributed by atoms with Gasteiger partial charge in [-0.15, -0.1) is 0 Å². The highest BCUT2D eigenvalue weighted by atomic mass is 35.5. The molecule has 16 heavy (non-hydrogen) atoms. The Balaban J connectivity index is 1.93. The average molecular weight is 242 g/mol. The molecule has 2 nitrogen and oxygen atoms in total. The van der Waals surface area contributed by atoms with Crippen LogP contribution in [0.3, 0.4) is 0 Å². The fourth-order valence-corrected chi connectivity index (χ4v) is 1.74. The molecule has 4 heteroatoms. The van der Waals surface area contributed by atoms with E-state index in [0.29, 0.717) is 11.6 Å². The summed E-state index contributed by atoms with van der Waals surface area (Å²) in [6.07, 6.45) is 3.48. The van der Waals surface area contributed by atoms with Crippen molar-refractivity contribution in [1.82, 2.24) is 5.32 Å². The average Bonchev–Trinajstić information content (AvgIpc) is 3.05. The lowest BCUT2D eigenvalue weighted by Crippen LogP contribution is -2.25. The first-order valence-electron chi connectivity index (χ1n) is 5.40. The molecule has 1 N–H and O–H groups in total. The Morgan fingerprint density at radius 2 is 2.25 bits per heavy atom. The standard InChI is InChI=1S/C12H13ClFNO/c13-9-3-4-11(14)10(7-9)12(16)15-6-5-8-1-2-8/h3-4,7-8H,1-2,5-6H2,(H,15,16). The molecule has 0 saturated heterocycles. The van der Waals surface area contributed by atoms with Crippen molar-refractivity contribution in [2.24, 2.45) is 5.92 Å². The minimum absolute atomic E-state index is 0.0169. The minimum atomic E-state index is -0.534. The van der Waals surface area contributed by atoms with Gasteiger partial charge in [0.1, 0.15) is 5.82 Å². The van der Waals surface area contributed by atoms with Crippen molar-refractivity contribution < 1.29 is 9.18 Å². The molecule has 1 aromatic carbocycles. The van der Waals surface area contributed by atoms with Crippen LogP contribution in [0.1, 0.15) is 29.6 Å². The molecular formula is C12H13ClFNO. The zero-order valence-electron chi connectivity index (χ0n) is 8.80. The van der Waals surface area contributed by atoms with E-state index in [1.807, 2.05) is 0 Å². The minimum Gasteiger partial charge on any atom is -0.352 e. The smallest absolute Gasteiger partial charge is 0.254 e. The Morgan fingerprint density at radius 3 is 2.94 bits per heavy atom. The van der Waals surface area contributed by atoms with E-state index in [2.05, 4.69) is 5.32 Å². The van der Waals surface area contributed by atoms with E-state index in [1.165, 1.54) is 31.0 Å². The quantitative estimate of drug-likeness (QED) is 0.863. The summed E-state index contributed by atoms with van der Waals surface area (Å²) in [6, 6.07) is 3.99. The molecule has 2 rings (SSSR count). The Hall–Kier alpha value is -1.09. The third-order valence-corrected chi connectivity index (χ3v) is 2.94. The number of rotatable bonds is 4. The maximum absolute atomic E-state index is 13.3. The molecule has 0 aliphatic heterocycles. The highest BCUT2D eigenvalue weighted by Crippen LogP contribution is 2.31. The first-order chi connectivity index (χ1) is 7.66. The summed E-state index contributed by atoms with van der Waals surface area (Å²) >= 11 is 5.71. The summed E-state index contributed by atoms with van der Waals surface area (Å²) in [5.41, 5.74) is 0.0169. The SMILES string of the molecule is O=C(NCCC1CC1)c1cc(Cl)ccc1F. The number of amides is 1. The van der Waals surface area contributed by atoms with Crippen LogP contribution in [-0.2, 0) is 0 Å². The van der Waals surface area contributed by atoms with Crippen molar-refractivity contribution >= 4 is 17.5 Å². The van der Waals surface area contributed by atoms with E-state index in [1.54, 1.807) is 0 Å². The van der Waals surface area contributed by atoms with E-state index >= 15 is 0 Å². The van der Waals surface area contributed by atoms with Crippen molar-refractivity contribution in [3.8, 4) is 0 Å². The van der Waals surface area contributed by atoms with Gasteiger partial charge in [-0.25, -0.2) is 4.39 Å². The molecule has 0 bridgehead atoms. The maximum Gasteiger partial charge on any atom is 0.254 e. The summed E-state index contributed by atoms with van der Waals surface area (Å²) in [5.74, 6) is -0.168. The van der Waals surface area contributed by atoms with Crippen LogP contribution in [0.15, 0.2) is 18.2 Å². The van der Waals surface area contributed by atoms with Crippen LogP contribution in [0, 0.1) is 11.7 Å². The van der Waals surface area contributed by atoms with Crippen LogP contribution in [0.4, 0.5) is 4.39 Å². The van der Waals surface area contributed by atoms with Crippen molar-refractivity contribution in [2.45, 2.75) is 19.3 Å². The van der Waals surface area contributed by atoms with Gasteiger partial charge < -0.3 is 5.32 Å². The maximum atomic E-state index is 13.3. The summed E-state index contributed by atoms with van der Waals surface area (Å²) in [7, 11) is 0. The fourth-order valence-electron chi connectivity index (χ4n) is 1.56. The topological polar surface area (TPSA) is 29.1 Å². The predicted molar refractivity (Wildman–Crippen MR) is 61.1 cm³/mol. The molecule has 0 spiro atoms. The molecule has 86 valence electrons. The van der Waals surface area contributed by atoms with Crippen LogP contribution in [-0.4, -0.2) is 12.5 Å². The number of nitrogens with one attached hydrogen (secondary N) is 1. The zero-order chi connectivity index (χ0) is 11.5. The second-order valence-corrected chi connectivity index (χ2v) is 4.55. The van der Waals surface area contributed by atoms with Gasteiger partial charge in [0, 0.05) is 11.6 Å². The normalized spacial score (nSPS) is 14.9. The van der Waals surface area contributed by atoms with E-state index in [4.69, 9.17) is 11.6 Å². The number of carbonyl (C=O) groups excluding carboxylic acids is 1. The Kier molecular flexibility index (Phi) is 3.44. The van der Waals surface area contributed by atoms with Gasteiger partial charge in [0.05, 0.1) is 5.56 Å². The molecule has 0 heterocycles. The van der Waals surface area contributed by atoms with Crippen LogP contribution >= 0.6 is 11.6 Å². The predicted octanol–water partition coefficient (Wildman–Crippen LogP) is 3.01. The second kappa shape index (κ2) is 4.83. The number of hydrogen-bond donors (Lipinski definition) is 1. The van der Waals surface area contributed by atoms with E-state index in [9.17, 15) is 9.18 Å². The van der Waals surface area contributed by atoms with Crippen molar-refractivity contribution in [3.63, 3.8) is 0 Å². The van der Waals surface area contributed by atoms with E-state index in [-0.39, 0.29) is 11.5 Å². The van der Waals surface area contributed by atoms with Gasteiger partial charge in [-0.2, -0.15) is 0 Å². The molecule has 1 aliphatic rings. The lowest BCUT2D eigenvalue weighted by Gasteiger charge is -2.05. The van der Waals surface area contributed by atoms with E-state index in [0.717, 1.165) is 12.3 Å². The number of carbonyl (C=O) groups is 1. The molecule has 0 atom stereocenters. The number of halogens is 2. The third kappa shape index (κ3) is 2.95. The van der Waals surface area contributed by atoms with E-state index < -0.39 is 5.82 Å². The van der Waals surface area contributed by atoms with Gasteiger partial charge in [-0.3, -0.25) is 4.79 Å². The first-order valence-corrected chi connectivity index (χ1v) is 5.78. The van der Waals surface area contributed by atoms with Gasteiger partial charge in [-0.05, 0) is 30.5 Å². The molecule has 0 unspecified atom stereocenters. The van der Waals surface area contributed by atoms with Gasteiger partial charge >= 0.3 is 0 Å². The van der Waals surface area contributed by atoms with Gasteiger partial charge in [0.15, 0.2) is 0 Å². The molecule has 0 radical (unpaired) electrons. The van der Waals surface area contributed by atoms with Crippen molar-refractivity contribution in [3.05, 3.63) is 34.6 Å². The largest absolute Gasteiger partial charge is 0.352 e. The Morgan fingerprint density at radius 1 is 1.50 bits per heavy atom. The fraction of sp³-hybridized carbons (Fsp3) is 0.417. The lowest BCUT2D eigenvalue weighted by atomic mass is 10.2. The molecule has 1 aromatic rings. The van der Waals surface area contributed by atoms with Crippen LogP contribution in [0.2, 0.25) is 5.02 Å². The molecular weight excluding hydrogens is 229 g/mol. The first kappa shape index (κ1) is 11.4. The third-order valence-electron chi connectivity index (χ3n) is 2.71. The summed E-state index contributed by atoms with van der Waals surface area (Å²) in [6.45, 7) is 0.607. The van der Waals surface area contributed by atoms with Crippen LogP contribution < -0.4 is 5.32 Å². The summed E-state index contributed by atoms with van der Waals surface area (Å²) in [5, 5.41) is 3.07. The Labute approximate surface area is 98.8 Å². The van der Waals surface area contributed by atoms with Crippen LogP contribution in [0.25, 0.3) is 0 Å². The van der Waals surface area contributed by atoms with Crippen LogP contribution in [0.5, 0.6) is 0 Å². The second-order valence-electron chi connectivity index (χ2n) is 4.11. The van der Waals surface area contributed by atoms with Crippen molar-refractivity contribution in [2.75, 3.05) is 6.54 Å². The van der Waals surface area contributed by atoms with Gasteiger partial charge in [0.25, 0.3) is 5.91 Å². The number of benzene rings is 1. The molecule has 0 aromatic heterocycles.